The van der Waals surface area contributed by atoms with Crippen molar-refractivity contribution < 1.29 is 30.8 Å². The average Bonchev–Trinajstić information content (AvgIpc) is 3.07. The van der Waals surface area contributed by atoms with Crippen molar-refractivity contribution >= 4 is 32.7 Å². The number of pyridine rings is 1. The van der Waals surface area contributed by atoms with Gasteiger partial charge in [0.15, 0.2) is 23.8 Å². The highest BCUT2D eigenvalue weighted by atomic mass is 32.2. The molecule has 1 N–H and O–H groups in total. The molecular weight excluding hydrogens is 387 g/mol. The molecule has 3 rings (SSSR count). The number of carbonyl (C=O) groups is 1. The van der Waals surface area contributed by atoms with Crippen molar-refractivity contribution in [1.82, 2.24) is 9.97 Å². The Bertz CT molecular complexity index is 1150. The smallest absolute Gasteiger partial charge is 0.247 e. The SMILES string of the molecule is CCCS(=O)(=O)Nc1cc(F)c(F)c(C(=O)c2ccc3ncoc3n2)c1F. The molecule has 0 radical (unpaired) electrons. The normalized spacial score (nSPS) is 11.7. The molecule has 0 amide bonds. The lowest BCUT2D eigenvalue weighted by molar-refractivity contribution is 0.102. The Labute approximate surface area is 151 Å². The van der Waals surface area contributed by atoms with Gasteiger partial charge in [0, 0.05) is 6.07 Å². The molecule has 0 bridgehead atoms. The number of aromatic nitrogens is 2. The highest BCUT2D eigenvalue weighted by Gasteiger charge is 2.28. The van der Waals surface area contributed by atoms with E-state index in [2.05, 4.69) is 9.97 Å². The minimum Gasteiger partial charge on any atom is -0.425 e. The summed E-state index contributed by atoms with van der Waals surface area (Å²) in [5.41, 5.74) is -2.31. The number of rotatable bonds is 6. The number of hydrogen-bond donors (Lipinski definition) is 1. The zero-order valence-corrected chi connectivity index (χ0v) is 14.6. The molecule has 0 fully saturated rings. The van der Waals surface area contributed by atoms with Crippen molar-refractivity contribution in [3.63, 3.8) is 0 Å². The fourth-order valence-electron chi connectivity index (χ4n) is 2.37. The summed E-state index contributed by atoms with van der Waals surface area (Å²) in [6.45, 7) is 1.57. The number of nitrogens with zero attached hydrogens (tertiary/aromatic N) is 2. The van der Waals surface area contributed by atoms with E-state index >= 15 is 0 Å². The Balaban J connectivity index is 2.09. The fourth-order valence-corrected chi connectivity index (χ4v) is 3.49. The molecule has 0 aliphatic carbocycles. The van der Waals surface area contributed by atoms with Crippen molar-refractivity contribution in [3.8, 4) is 0 Å². The largest absolute Gasteiger partial charge is 0.425 e. The molecular formula is C16H12F3N3O4S. The number of nitrogens with one attached hydrogen (secondary N) is 1. The van der Waals surface area contributed by atoms with E-state index in [0.29, 0.717) is 11.6 Å². The van der Waals surface area contributed by atoms with Gasteiger partial charge in [-0.3, -0.25) is 9.52 Å². The number of carbonyl (C=O) groups excluding carboxylic acids is 1. The number of anilines is 1. The number of sulfonamides is 1. The molecule has 7 nitrogen and oxygen atoms in total. The molecule has 0 unspecified atom stereocenters. The van der Waals surface area contributed by atoms with Gasteiger partial charge in [-0.25, -0.2) is 31.6 Å². The van der Waals surface area contributed by atoms with Crippen LogP contribution in [0.1, 0.15) is 29.4 Å². The minimum atomic E-state index is -3.99. The zero-order valence-electron chi connectivity index (χ0n) is 13.8. The zero-order chi connectivity index (χ0) is 19.8. The van der Waals surface area contributed by atoms with Crippen LogP contribution in [-0.2, 0) is 10.0 Å². The molecule has 0 saturated heterocycles. The summed E-state index contributed by atoms with van der Waals surface area (Å²) in [6, 6.07) is 2.80. The summed E-state index contributed by atoms with van der Waals surface area (Å²) in [7, 11) is -3.99. The first-order valence-electron chi connectivity index (χ1n) is 7.66. The van der Waals surface area contributed by atoms with Gasteiger partial charge in [-0.2, -0.15) is 0 Å². The lowest BCUT2D eigenvalue weighted by Gasteiger charge is -2.12. The molecule has 0 aliphatic rings. The van der Waals surface area contributed by atoms with Crippen molar-refractivity contribution in [2.24, 2.45) is 0 Å². The van der Waals surface area contributed by atoms with E-state index in [0.717, 1.165) is 12.5 Å². The van der Waals surface area contributed by atoms with E-state index in [-0.39, 0.29) is 17.9 Å². The van der Waals surface area contributed by atoms with E-state index in [9.17, 15) is 26.4 Å². The van der Waals surface area contributed by atoms with Gasteiger partial charge in [-0.15, -0.1) is 0 Å². The molecule has 11 heteroatoms. The lowest BCUT2D eigenvalue weighted by atomic mass is 10.0. The Hall–Kier alpha value is -2.95. The van der Waals surface area contributed by atoms with E-state index in [1.54, 1.807) is 6.92 Å². The molecule has 0 atom stereocenters. The first-order valence-corrected chi connectivity index (χ1v) is 9.31. The standard InChI is InChI=1S/C16H12F3N3O4S/c1-2-5-27(24,25)22-11-6-8(17)13(18)12(14(11)19)15(23)9-3-4-10-16(21-9)26-7-20-10/h3-4,6-7,22H,2,5H2,1H3. The highest BCUT2D eigenvalue weighted by Crippen LogP contribution is 2.27. The van der Waals surface area contributed by atoms with Crippen LogP contribution in [-0.4, -0.2) is 29.9 Å². The topological polar surface area (TPSA) is 102 Å². The van der Waals surface area contributed by atoms with Gasteiger partial charge >= 0.3 is 0 Å². The molecule has 0 spiro atoms. The number of fused-ring (bicyclic) bond motifs is 1. The quantitative estimate of drug-likeness (QED) is 0.505. The van der Waals surface area contributed by atoms with Crippen molar-refractivity contribution in [2.45, 2.75) is 13.3 Å². The predicted octanol–water partition coefficient (Wildman–Crippen LogP) is 3.02. The van der Waals surface area contributed by atoms with Crippen LogP contribution in [0.4, 0.5) is 18.9 Å². The second-order valence-electron chi connectivity index (χ2n) is 5.53. The first-order chi connectivity index (χ1) is 12.7. The number of oxazole rings is 1. The van der Waals surface area contributed by atoms with E-state index in [1.807, 2.05) is 4.72 Å². The third kappa shape index (κ3) is 3.63. The third-order valence-electron chi connectivity index (χ3n) is 3.55. The number of halogens is 3. The van der Waals surface area contributed by atoms with Crippen molar-refractivity contribution in [1.29, 1.82) is 0 Å². The Morgan fingerprint density at radius 3 is 2.67 bits per heavy atom. The van der Waals surface area contributed by atoms with Crippen LogP contribution in [0.5, 0.6) is 0 Å². The number of ketones is 1. The number of benzene rings is 1. The van der Waals surface area contributed by atoms with E-state index in [4.69, 9.17) is 4.42 Å². The number of hydrogen-bond acceptors (Lipinski definition) is 6. The fraction of sp³-hybridized carbons (Fsp3) is 0.188. The molecule has 27 heavy (non-hydrogen) atoms. The summed E-state index contributed by atoms with van der Waals surface area (Å²) in [4.78, 5) is 20.1. The van der Waals surface area contributed by atoms with Gasteiger partial charge < -0.3 is 4.42 Å². The van der Waals surface area contributed by atoms with E-state index in [1.165, 1.54) is 6.07 Å². The molecule has 3 aromatic rings. The monoisotopic (exact) mass is 399 g/mol. The molecule has 1 aromatic carbocycles. The minimum absolute atomic E-state index is 0.0538. The van der Waals surface area contributed by atoms with Gasteiger partial charge in [-0.1, -0.05) is 6.92 Å². The van der Waals surface area contributed by atoms with Crippen LogP contribution in [0.15, 0.2) is 29.0 Å². The lowest BCUT2D eigenvalue weighted by Crippen LogP contribution is -2.19. The Morgan fingerprint density at radius 2 is 1.96 bits per heavy atom. The summed E-state index contributed by atoms with van der Waals surface area (Å²) >= 11 is 0. The average molecular weight is 399 g/mol. The highest BCUT2D eigenvalue weighted by molar-refractivity contribution is 7.92. The molecule has 0 saturated carbocycles. The van der Waals surface area contributed by atoms with Gasteiger partial charge in [0.25, 0.3) is 0 Å². The predicted molar refractivity (Wildman–Crippen MR) is 89.3 cm³/mol. The molecule has 2 aromatic heterocycles. The van der Waals surface area contributed by atoms with Gasteiger partial charge in [0.05, 0.1) is 11.4 Å². The van der Waals surface area contributed by atoms with Crippen LogP contribution in [0.25, 0.3) is 11.2 Å². The maximum atomic E-state index is 14.7. The maximum absolute atomic E-state index is 14.7. The summed E-state index contributed by atoms with van der Waals surface area (Å²) < 4.78 is 73.0. The third-order valence-corrected chi connectivity index (χ3v) is 5.03. The van der Waals surface area contributed by atoms with Crippen LogP contribution in [0, 0.1) is 17.5 Å². The van der Waals surface area contributed by atoms with Gasteiger partial charge in [0.1, 0.15) is 16.8 Å². The maximum Gasteiger partial charge on any atom is 0.247 e. The van der Waals surface area contributed by atoms with Gasteiger partial charge in [-0.05, 0) is 18.6 Å². The molecule has 142 valence electrons. The molecule has 2 heterocycles. The van der Waals surface area contributed by atoms with E-state index < -0.39 is 50.2 Å². The second kappa shape index (κ2) is 6.99. The van der Waals surface area contributed by atoms with Crippen LogP contribution in [0.2, 0.25) is 0 Å². The summed E-state index contributed by atoms with van der Waals surface area (Å²) in [5, 5.41) is 0. The van der Waals surface area contributed by atoms with Crippen LogP contribution >= 0.6 is 0 Å². The summed E-state index contributed by atoms with van der Waals surface area (Å²) in [5.74, 6) is -6.53. The van der Waals surface area contributed by atoms with Gasteiger partial charge in [0.2, 0.25) is 21.5 Å². The first kappa shape index (κ1) is 18.8. The Kier molecular flexibility index (Phi) is 4.87. The van der Waals surface area contributed by atoms with Crippen LogP contribution in [0.3, 0.4) is 0 Å². The van der Waals surface area contributed by atoms with Crippen molar-refractivity contribution in [2.75, 3.05) is 10.5 Å². The second-order valence-corrected chi connectivity index (χ2v) is 7.37. The summed E-state index contributed by atoms with van der Waals surface area (Å²) in [6.07, 6.45) is 1.28. The molecule has 0 aliphatic heterocycles. The van der Waals surface area contributed by atoms with Crippen molar-refractivity contribution in [3.05, 3.63) is 53.3 Å². The Morgan fingerprint density at radius 1 is 1.22 bits per heavy atom. The van der Waals surface area contributed by atoms with Crippen LogP contribution < -0.4 is 4.72 Å².